The Morgan fingerprint density at radius 1 is 1.47 bits per heavy atom. The van der Waals surface area contributed by atoms with E-state index in [1.165, 1.54) is 6.21 Å². The summed E-state index contributed by atoms with van der Waals surface area (Å²) in [5.41, 5.74) is 3.35. The quantitative estimate of drug-likeness (QED) is 0.324. The lowest BCUT2D eigenvalue weighted by atomic mass is 10.2. The number of phenols is 1. The molecular formula is C12H17N3OS. The molecule has 5 heteroatoms. The van der Waals surface area contributed by atoms with Crippen molar-refractivity contribution < 1.29 is 5.11 Å². The van der Waals surface area contributed by atoms with E-state index in [0.29, 0.717) is 10.7 Å². The normalized spacial score (nSPS) is 10.4. The highest BCUT2D eigenvalue weighted by molar-refractivity contribution is 7.80. The minimum atomic E-state index is 0.197. The van der Waals surface area contributed by atoms with Crippen LogP contribution in [0.15, 0.2) is 29.4 Å². The van der Waals surface area contributed by atoms with Gasteiger partial charge in [0.15, 0.2) is 5.11 Å². The van der Waals surface area contributed by atoms with E-state index in [-0.39, 0.29) is 5.75 Å². The summed E-state index contributed by atoms with van der Waals surface area (Å²) in [5, 5.41) is 16.9. The Bertz CT molecular complexity index is 393. The van der Waals surface area contributed by atoms with Gasteiger partial charge >= 0.3 is 0 Å². The van der Waals surface area contributed by atoms with E-state index in [0.717, 1.165) is 19.4 Å². The van der Waals surface area contributed by atoms with Crippen LogP contribution in [0.3, 0.4) is 0 Å². The molecule has 0 unspecified atom stereocenters. The largest absolute Gasteiger partial charge is 0.507 e. The van der Waals surface area contributed by atoms with Gasteiger partial charge in [0, 0.05) is 12.1 Å². The van der Waals surface area contributed by atoms with Gasteiger partial charge in [0.1, 0.15) is 5.75 Å². The number of para-hydroxylation sites is 1. The van der Waals surface area contributed by atoms with Crippen LogP contribution in [0.5, 0.6) is 5.75 Å². The van der Waals surface area contributed by atoms with Gasteiger partial charge in [-0.25, -0.2) is 0 Å². The van der Waals surface area contributed by atoms with Crippen molar-refractivity contribution in [1.82, 2.24) is 10.7 Å². The minimum Gasteiger partial charge on any atom is -0.507 e. The minimum absolute atomic E-state index is 0.197. The highest BCUT2D eigenvalue weighted by atomic mass is 32.1. The van der Waals surface area contributed by atoms with Gasteiger partial charge in [-0.3, -0.25) is 5.43 Å². The maximum Gasteiger partial charge on any atom is 0.186 e. The number of aromatic hydroxyl groups is 1. The Hall–Kier alpha value is -1.62. The SMILES string of the molecule is CCCCNC(=S)NN=Cc1ccccc1O. The fourth-order valence-electron chi connectivity index (χ4n) is 1.18. The van der Waals surface area contributed by atoms with Gasteiger partial charge in [-0.15, -0.1) is 0 Å². The molecule has 17 heavy (non-hydrogen) atoms. The fraction of sp³-hybridized carbons (Fsp3) is 0.333. The van der Waals surface area contributed by atoms with Crippen LogP contribution in [0.25, 0.3) is 0 Å². The summed E-state index contributed by atoms with van der Waals surface area (Å²) in [4.78, 5) is 0. The fourth-order valence-corrected chi connectivity index (χ4v) is 1.33. The molecule has 4 nitrogen and oxygen atoms in total. The molecule has 0 aliphatic heterocycles. The molecule has 0 aliphatic carbocycles. The van der Waals surface area contributed by atoms with Crippen LogP contribution < -0.4 is 10.7 Å². The number of unbranched alkanes of at least 4 members (excludes halogenated alkanes) is 1. The average molecular weight is 251 g/mol. The van der Waals surface area contributed by atoms with E-state index in [1.807, 2.05) is 6.07 Å². The summed E-state index contributed by atoms with van der Waals surface area (Å²) in [6.45, 7) is 2.96. The van der Waals surface area contributed by atoms with Crippen LogP contribution >= 0.6 is 12.2 Å². The number of rotatable bonds is 5. The van der Waals surface area contributed by atoms with Crippen LogP contribution in [-0.2, 0) is 0 Å². The molecule has 0 spiro atoms. The summed E-state index contributed by atoms with van der Waals surface area (Å²) in [6, 6.07) is 6.98. The second kappa shape index (κ2) is 7.62. The van der Waals surface area contributed by atoms with Gasteiger partial charge in [0.2, 0.25) is 0 Å². The third kappa shape index (κ3) is 5.31. The molecule has 92 valence electrons. The van der Waals surface area contributed by atoms with E-state index in [9.17, 15) is 5.11 Å². The van der Waals surface area contributed by atoms with E-state index < -0.39 is 0 Å². The van der Waals surface area contributed by atoms with E-state index >= 15 is 0 Å². The maximum absolute atomic E-state index is 9.48. The van der Waals surface area contributed by atoms with Crippen molar-refractivity contribution in [2.24, 2.45) is 5.10 Å². The number of benzene rings is 1. The topological polar surface area (TPSA) is 56.7 Å². The molecule has 0 heterocycles. The van der Waals surface area contributed by atoms with Gasteiger partial charge in [0.05, 0.1) is 6.21 Å². The maximum atomic E-state index is 9.48. The van der Waals surface area contributed by atoms with Crippen LogP contribution in [0.1, 0.15) is 25.3 Å². The Morgan fingerprint density at radius 3 is 2.94 bits per heavy atom. The molecule has 0 atom stereocenters. The average Bonchev–Trinajstić information content (AvgIpc) is 2.32. The van der Waals surface area contributed by atoms with Crippen molar-refractivity contribution in [3.05, 3.63) is 29.8 Å². The van der Waals surface area contributed by atoms with Crippen molar-refractivity contribution >= 4 is 23.5 Å². The number of thiocarbonyl (C=S) groups is 1. The van der Waals surface area contributed by atoms with Crippen molar-refractivity contribution in [2.45, 2.75) is 19.8 Å². The van der Waals surface area contributed by atoms with E-state index in [1.54, 1.807) is 18.2 Å². The summed E-state index contributed by atoms with van der Waals surface area (Å²) in [5.74, 6) is 0.197. The molecule has 0 saturated heterocycles. The predicted molar refractivity (Wildman–Crippen MR) is 74.3 cm³/mol. The summed E-state index contributed by atoms with van der Waals surface area (Å²) in [6.07, 6.45) is 3.73. The first-order chi connectivity index (χ1) is 8.24. The van der Waals surface area contributed by atoms with Gasteiger partial charge in [-0.05, 0) is 30.8 Å². The molecule has 1 aromatic rings. The monoisotopic (exact) mass is 251 g/mol. The van der Waals surface area contributed by atoms with Crippen LogP contribution in [0.4, 0.5) is 0 Å². The Kier molecular flexibility index (Phi) is 6.03. The Labute approximate surface area is 107 Å². The third-order valence-corrected chi connectivity index (χ3v) is 2.36. The highest BCUT2D eigenvalue weighted by Gasteiger charge is 1.95. The number of nitrogens with zero attached hydrogens (tertiary/aromatic N) is 1. The second-order valence-electron chi connectivity index (χ2n) is 3.54. The lowest BCUT2D eigenvalue weighted by molar-refractivity contribution is 0.474. The molecule has 1 aromatic carbocycles. The molecule has 0 fully saturated rings. The number of nitrogens with one attached hydrogen (secondary N) is 2. The smallest absolute Gasteiger partial charge is 0.186 e. The van der Waals surface area contributed by atoms with Crippen LogP contribution in [0.2, 0.25) is 0 Å². The molecule has 0 bridgehead atoms. The zero-order valence-corrected chi connectivity index (χ0v) is 10.6. The summed E-state index contributed by atoms with van der Waals surface area (Å²) in [7, 11) is 0. The number of hydrazone groups is 1. The summed E-state index contributed by atoms with van der Waals surface area (Å²) >= 11 is 5.02. The van der Waals surface area contributed by atoms with Gasteiger partial charge < -0.3 is 10.4 Å². The summed E-state index contributed by atoms with van der Waals surface area (Å²) < 4.78 is 0. The van der Waals surface area contributed by atoms with Gasteiger partial charge in [-0.1, -0.05) is 25.5 Å². The molecular weight excluding hydrogens is 234 g/mol. The molecule has 0 aliphatic rings. The van der Waals surface area contributed by atoms with Crippen molar-refractivity contribution in [1.29, 1.82) is 0 Å². The first kappa shape index (κ1) is 13.4. The number of hydrogen-bond acceptors (Lipinski definition) is 3. The molecule has 0 saturated carbocycles. The van der Waals surface area contributed by atoms with E-state index in [4.69, 9.17) is 12.2 Å². The van der Waals surface area contributed by atoms with Crippen molar-refractivity contribution in [2.75, 3.05) is 6.54 Å². The molecule has 0 radical (unpaired) electrons. The van der Waals surface area contributed by atoms with Gasteiger partial charge in [-0.2, -0.15) is 5.10 Å². The predicted octanol–water partition coefficient (Wildman–Crippen LogP) is 1.99. The third-order valence-electron chi connectivity index (χ3n) is 2.12. The first-order valence-corrected chi connectivity index (χ1v) is 5.99. The lowest BCUT2D eigenvalue weighted by Crippen LogP contribution is -2.32. The number of hydrogen-bond donors (Lipinski definition) is 3. The molecule has 1 rings (SSSR count). The molecule has 3 N–H and O–H groups in total. The second-order valence-corrected chi connectivity index (χ2v) is 3.95. The van der Waals surface area contributed by atoms with Crippen LogP contribution in [-0.4, -0.2) is 23.0 Å². The number of phenolic OH excluding ortho intramolecular Hbond substituents is 1. The van der Waals surface area contributed by atoms with Crippen molar-refractivity contribution in [3.63, 3.8) is 0 Å². The Balaban J connectivity index is 2.35. The Morgan fingerprint density at radius 2 is 2.24 bits per heavy atom. The van der Waals surface area contributed by atoms with Crippen molar-refractivity contribution in [3.8, 4) is 5.75 Å². The molecule has 0 amide bonds. The molecule has 0 aromatic heterocycles. The zero-order valence-electron chi connectivity index (χ0n) is 9.81. The highest BCUT2D eigenvalue weighted by Crippen LogP contribution is 2.12. The first-order valence-electron chi connectivity index (χ1n) is 5.59. The standard InChI is InChI=1S/C12H17N3OS/c1-2-3-8-13-12(17)15-14-9-10-6-4-5-7-11(10)16/h4-7,9,16H,2-3,8H2,1H3,(H2,13,15,17). The van der Waals surface area contributed by atoms with Gasteiger partial charge in [0.25, 0.3) is 0 Å². The van der Waals surface area contributed by atoms with E-state index in [2.05, 4.69) is 22.8 Å². The lowest BCUT2D eigenvalue weighted by Gasteiger charge is -2.05. The zero-order chi connectivity index (χ0) is 12.5. The van der Waals surface area contributed by atoms with Crippen LogP contribution in [0, 0.1) is 0 Å².